The fraction of sp³-hybridized carbons (Fsp3) is 0.550. The first-order valence-corrected chi connectivity index (χ1v) is 9.60. The van der Waals surface area contributed by atoms with E-state index in [1.165, 1.54) is 6.92 Å². The van der Waals surface area contributed by atoms with Gasteiger partial charge in [0.2, 0.25) is 11.8 Å². The second kappa shape index (κ2) is 8.99. The third-order valence-electron chi connectivity index (χ3n) is 5.09. The summed E-state index contributed by atoms with van der Waals surface area (Å²) in [6.07, 6.45) is 4.49. The second-order valence-corrected chi connectivity index (χ2v) is 7.17. The summed E-state index contributed by atoms with van der Waals surface area (Å²) < 4.78 is 5.14. The minimum absolute atomic E-state index is 0.0851. The molecule has 0 aliphatic carbocycles. The zero-order chi connectivity index (χ0) is 19.2. The van der Waals surface area contributed by atoms with Crippen LogP contribution in [0.3, 0.4) is 0 Å². The van der Waals surface area contributed by atoms with E-state index < -0.39 is 0 Å². The molecule has 1 atom stereocenters. The maximum atomic E-state index is 12.5. The Kier molecular flexibility index (Phi) is 6.45. The molecule has 0 unspecified atom stereocenters. The van der Waals surface area contributed by atoms with Crippen LogP contribution in [0.4, 0.5) is 11.4 Å². The number of carbonyl (C=O) groups excluding carboxylic acids is 3. The summed E-state index contributed by atoms with van der Waals surface area (Å²) in [5, 5.41) is 2.93. The summed E-state index contributed by atoms with van der Waals surface area (Å²) >= 11 is 0. The number of hydrogen-bond donors (Lipinski definition) is 1. The Labute approximate surface area is 159 Å². The van der Waals surface area contributed by atoms with Gasteiger partial charge >= 0.3 is 5.97 Å². The average molecular weight is 373 g/mol. The number of amides is 2. The zero-order valence-electron chi connectivity index (χ0n) is 15.8. The quantitative estimate of drug-likeness (QED) is 0.773. The first-order chi connectivity index (χ1) is 13.0. The minimum atomic E-state index is -0.293. The third-order valence-corrected chi connectivity index (χ3v) is 5.09. The molecular weight excluding hydrogens is 346 g/mol. The summed E-state index contributed by atoms with van der Waals surface area (Å²) in [5.74, 6) is -0.270. The highest BCUT2D eigenvalue weighted by Crippen LogP contribution is 2.24. The smallest absolute Gasteiger partial charge is 0.302 e. The number of nitrogens with zero attached hydrogens (tertiary/aromatic N) is 2. The summed E-state index contributed by atoms with van der Waals surface area (Å²) in [4.78, 5) is 39.3. The lowest BCUT2D eigenvalue weighted by Gasteiger charge is -2.34. The van der Waals surface area contributed by atoms with Gasteiger partial charge in [-0.05, 0) is 44.0 Å². The molecule has 1 N–H and O–H groups in total. The molecule has 7 heteroatoms. The van der Waals surface area contributed by atoms with Crippen LogP contribution in [0.1, 0.15) is 39.0 Å². The Balaban J connectivity index is 1.58. The van der Waals surface area contributed by atoms with Crippen LogP contribution in [0.25, 0.3) is 0 Å². The van der Waals surface area contributed by atoms with Gasteiger partial charge in [-0.15, -0.1) is 0 Å². The van der Waals surface area contributed by atoms with Gasteiger partial charge in [-0.1, -0.05) is 12.5 Å². The minimum Gasteiger partial charge on any atom is -0.464 e. The van der Waals surface area contributed by atoms with Crippen LogP contribution in [-0.2, 0) is 19.1 Å². The van der Waals surface area contributed by atoms with Gasteiger partial charge in [0.15, 0.2) is 0 Å². The summed E-state index contributed by atoms with van der Waals surface area (Å²) in [5.41, 5.74) is 1.51. The lowest BCUT2D eigenvalue weighted by molar-refractivity contribution is -0.143. The maximum Gasteiger partial charge on any atom is 0.302 e. The Morgan fingerprint density at radius 1 is 1.22 bits per heavy atom. The van der Waals surface area contributed by atoms with Crippen molar-refractivity contribution < 1.29 is 19.1 Å². The van der Waals surface area contributed by atoms with Gasteiger partial charge in [-0.25, -0.2) is 0 Å². The van der Waals surface area contributed by atoms with E-state index >= 15 is 0 Å². The van der Waals surface area contributed by atoms with Crippen LogP contribution in [0.5, 0.6) is 0 Å². The van der Waals surface area contributed by atoms with Gasteiger partial charge < -0.3 is 15.0 Å². The van der Waals surface area contributed by atoms with Crippen molar-refractivity contribution >= 4 is 29.2 Å². The SMILES string of the molecule is CC(=O)OC[C@@H]1CCCCN1CC(=O)Nc1cccc(N2CCCC2=O)c1. The van der Waals surface area contributed by atoms with E-state index in [2.05, 4.69) is 10.2 Å². The molecule has 0 radical (unpaired) electrons. The van der Waals surface area contributed by atoms with E-state index in [4.69, 9.17) is 4.74 Å². The molecule has 1 aromatic carbocycles. The van der Waals surface area contributed by atoms with Crippen molar-refractivity contribution in [2.75, 3.05) is 36.5 Å². The lowest BCUT2D eigenvalue weighted by Crippen LogP contribution is -2.46. The number of nitrogens with one attached hydrogen (secondary N) is 1. The number of esters is 1. The number of carbonyl (C=O) groups is 3. The average Bonchev–Trinajstić information content (AvgIpc) is 3.07. The van der Waals surface area contributed by atoms with E-state index in [0.717, 1.165) is 44.5 Å². The van der Waals surface area contributed by atoms with Crippen LogP contribution in [0.2, 0.25) is 0 Å². The molecule has 3 rings (SSSR count). The van der Waals surface area contributed by atoms with Crippen LogP contribution in [0, 0.1) is 0 Å². The fourth-order valence-electron chi connectivity index (χ4n) is 3.73. The molecule has 0 saturated carbocycles. The van der Waals surface area contributed by atoms with Crippen molar-refractivity contribution in [3.05, 3.63) is 24.3 Å². The van der Waals surface area contributed by atoms with Crippen molar-refractivity contribution in [3.63, 3.8) is 0 Å². The van der Waals surface area contributed by atoms with Gasteiger partial charge in [-0.3, -0.25) is 19.3 Å². The monoisotopic (exact) mass is 373 g/mol. The molecule has 2 aliphatic rings. The second-order valence-electron chi connectivity index (χ2n) is 7.17. The first kappa shape index (κ1) is 19.4. The standard InChI is InChI=1S/C20H27N3O4/c1-15(24)27-14-18-7-2-3-10-22(18)13-19(25)21-16-6-4-8-17(12-16)23-11-5-9-20(23)26/h4,6,8,12,18H,2-3,5,7,9-11,13-14H2,1H3,(H,21,25)/t18-/m0/s1. The van der Waals surface area contributed by atoms with Gasteiger partial charge in [0.1, 0.15) is 6.61 Å². The van der Waals surface area contributed by atoms with Crippen LogP contribution in [0.15, 0.2) is 24.3 Å². The van der Waals surface area contributed by atoms with Crippen molar-refractivity contribution in [2.24, 2.45) is 0 Å². The number of piperidine rings is 1. The van der Waals surface area contributed by atoms with Crippen molar-refractivity contribution in [2.45, 2.75) is 45.1 Å². The van der Waals surface area contributed by atoms with E-state index in [0.29, 0.717) is 18.7 Å². The number of benzene rings is 1. The largest absolute Gasteiger partial charge is 0.464 e. The summed E-state index contributed by atoms with van der Waals surface area (Å²) in [6, 6.07) is 7.49. The lowest BCUT2D eigenvalue weighted by atomic mass is 10.0. The molecule has 2 fully saturated rings. The van der Waals surface area contributed by atoms with Crippen molar-refractivity contribution in [1.82, 2.24) is 4.90 Å². The molecule has 1 aromatic rings. The molecule has 146 valence electrons. The number of hydrogen-bond acceptors (Lipinski definition) is 5. The van der Waals surface area contributed by atoms with Gasteiger partial charge in [0, 0.05) is 37.3 Å². The van der Waals surface area contributed by atoms with E-state index in [-0.39, 0.29) is 30.4 Å². The van der Waals surface area contributed by atoms with Gasteiger partial charge in [0.05, 0.1) is 6.54 Å². The highest BCUT2D eigenvalue weighted by Gasteiger charge is 2.25. The molecule has 2 heterocycles. The fourth-order valence-corrected chi connectivity index (χ4v) is 3.73. The highest BCUT2D eigenvalue weighted by molar-refractivity contribution is 5.97. The molecule has 2 amide bonds. The van der Waals surface area contributed by atoms with Crippen molar-refractivity contribution in [1.29, 1.82) is 0 Å². The molecule has 7 nitrogen and oxygen atoms in total. The Morgan fingerprint density at radius 3 is 2.81 bits per heavy atom. The molecule has 0 spiro atoms. The predicted molar refractivity (Wildman–Crippen MR) is 103 cm³/mol. The predicted octanol–water partition coefficient (Wildman–Crippen LogP) is 2.17. The molecule has 0 aromatic heterocycles. The maximum absolute atomic E-state index is 12.5. The Bertz CT molecular complexity index is 706. The summed E-state index contributed by atoms with van der Waals surface area (Å²) in [7, 11) is 0. The highest BCUT2D eigenvalue weighted by atomic mass is 16.5. The Hall–Kier alpha value is -2.41. The number of ether oxygens (including phenoxy) is 1. The topological polar surface area (TPSA) is 79.0 Å². The van der Waals surface area contributed by atoms with E-state index in [1.54, 1.807) is 4.90 Å². The van der Waals surface area contributed by atoms with E-state index in [1.807, 2.05) is 24.3 Å². The van der Waals surface area contributed by atoms with Crippen LogP contribution < -0.4 is 10.2 Å². The molecule has 0 bridgehead atoms. The summed E-state index contributed by atoms with van der Waals surface area (Å²) in [6.45, 7) is 3.54. The van der Waals surface area contributed by atoms with Crippen molar-refractivity contribution in [3.8, 4) is 0 Å². The molecular formula is C20H27N3O4. The number of likely N-dealkylation sites (tertiary alicyclic amines) is 1. The number of anilines is 2. The van der Waals surface area contributed by atoms with Gasteiger partial charge in [-0.2, -0.15) is 0 Å². The van der Waals surface area contributed by atoms with E-state index in [9.17, 15) is 14.4 Å². The van der Waals surface area contributed by atoms with Crippen LogP contribution >= 0.6 is 0 Å². The molecule has 27 heavy (non-hydrogen) atoms. The molecule has 2 aliphatic heterocycles. The third kappa shape index (κ3) is 5.29. The number of rotatable bonds is 6. The first-order valence-electron chi connectivity index (χ1n) is 9.60. The molecule has 2 saturated heterocycles. The van der Waals surface area contributed by atoms with Crippen LogP contribution in [-0.4, -0.2) is 55.0 Å². The normalized spacial score (nSPS) is 20.6. The van der Waals surface area contributed by atoms with Gasteiger partial charge in [0.25, 0.3) is 0 Å². The Morgan fingerprint density at radius 2 is 2.07 bits per heavy atom. The zero-order valence-corrected chi connectivity index (χ0v) is 15.8.